The molecular weight excluding hydrogens is 652 g/mol. The molecule has 49 heavy (non-hydrogen) atoms. The van der Waals surface area contributed by atoms with Gasteiger partial charge >= 0.3 is 12.2 Å². The van der Waals surface area contributed by atoms with E-state index in [0.717, 1.165) is 42.6 Å². The van der Waals surface area contributed by atoms with Crippen LogP contribution in [0.1, 0.15) is 84.2 Å². The van der Waals surface area contributed by atoms with E-state index in [1.807, 2.05) is 53.9 Å². The average molecular weight is 705 g/mol. The first-order chi connectivity index (χ1) is 22.9. The van der Waals surface area contributed by atoms with Crippen LogP contribution in [0.4, 0.5) is 9.59 Å². The first kappa shape index (κ1) is 39.3. The summed E-state index contributed by atoms with van der Waals surface area (Å²) in [7, 11) is -3.76. The van der Waals surface area contributed by atoms with Crippen LogP contribution >= 0.6 is 0 Å². The lowest BCUT2D eigenvalue weighted by Gasteiger charge is -2.20. The van der Waals surface area contributed by atoms with Crippen molar-refractivity contribution >= 4 is 22.2 Å². The first-order valence-corrected chi connectivity index (χ1v) is 18.1. The molecule has 3 rings (SSSR count). The van der Waals surface area contributed by atoms with Crippen molar-refractivity contribution in [3.8, 4) is 0 Å². The maximum Gasteiger partial charge on any atom is 0.407 e. The molecule has 2 heterocycles. The number of sulfonamides is 1. The smallest absolute Gasteiger partial charge is 0.407 e. The second-order valence-corrected chi connectivity index (χ2v) is 15.4. The minimum atomic E-state index is -3.76. The van der Waals surface area contributed by atoms with Gasteiger partial charge in [-0.25, -0.2) is 23.1 Å². The molecule has 0 aliphatic heterocycles. The van der Waals surface area contributed by atoms with Crippen molar-refractivity contribution in [2.24, 2.45) is 5.14 Å². The van der Waals surface area contributed by atoms with E-state index in [9.17, 15) is 18.0 Å². The van der Waals surface area contributed by atoms with Gasteiger partial charge in [0.05, 0.1) is 16.3 Å². The Morgan fingerprint density at radius 3 is 1.63 bits per heavy atom. The van der Waals surface area contributed by atoms with Crippen LogP contribution in [0.5, 0.6) is 0 Å². The lowest BCUT2D eigenvalue weighted by Crippen LogP contribution is -2.33. The van der Waals surface area contributed by atoms with Gasteiger partial charge in [-0.15, -0.1) is 10.2 Å². The highest BCUT2D eigenvalue weighted by atomic mass is 32.2. The topological polar surface area (TPSA) is 201 Å². The van der Waals surface area contributed by atoms with Gasteiger partial charge in [-0.3, -0.25) is 14.3 Å². The fourth-order valence-corrected chi connectivity index (χ4v) is 5.17. The Bertz CT molecular complexity index is 1500. The number of aryl methyl sites for hydroxylation is 2. The Morgan fingerprint density at radius 2 is 1.22 bits per heavy atom. The van der Waals surface area contributed by atoms with E-state index in [2.05, 4.69) is 36.2 Å². The molecule has 16 nitrogen and oxygen atoms in total. The van der Waals surface area contributed by atoms with Crippen LogP contribution in [0.15, 0.2) is 41.6 Å². The monoisotopic (exact) mass is 704 g/mol. The number of benzene rings is 1. The van der Waals surface area contributed by atoms with E-state index in [1.54, 1.807) is 21.5 Å². The van der Waals surface area contributed by atoms with Crippen LogP contribution in [-0.2, 0) is 52.1 Å². The second kappa shape index (κ2) is 18.1. The van der Waals surface area contributed by atoms with Crippen LogP contribution in [0, 0.1) is 0 Å². The molecule has 0 atom stereocenters. The molecule has 272 valence electrons. The van der Waals surface area contributed by atoms with E-state index in [4.69, 9.17) is 14.6 Å². The summed E-state index contributed by atoms with van der Waals surface area (Å²) < 4.78 is 37.4. The highest BCUT2D eigenvalue weighted by molar-refractivity contribution is 7.89. The molecular formula is C32H52N10O6S. The second-order valence-electron chi connectivity index (χ2n) is 13.9. The van der Waals surface area contributed by atoms with Gasteiger partial charge in [0.15, 0.2) is 0 Å². The zero-order valence-corrected chi connectivity index (χ0v) is 30.3. The van der Waals surface area contributed by atoms with Gasteiger partial charge in [-0.05, 0) is 91.3 Å². The summed E-state index contributed by atoms with van der Waals surface area (Å²) in [6.45, 7) is 14.9. The summed E-state index contributed by atoms with van der Waals surface area (Å²) >= 11 is 0. The zero-order chi connectivity index (χ0) is 36.1. The lowest BCUT2D eigenvalue weighted by molar-refractivity contribution is 0.0515. The van der Waals surface area contributed by atoms with Crippen molar-refractivity contribution in [3.05, 3.63) is 53.6 Å². The lowest BCUT2D eigenvalue weighted by atomic mass is 10.1. The van der Waals surface area contributed by atoms with Crippen molar-refractivity contribution in [3.63, 3.8) is 0 Å². The highest BCUT2D eigenvalue weighted by Gasteiger charge is 2.17. The maximum atomic E-state index is 11.8. The number of nitrogens with zero attached hydrogens (tertiary/aromatic N) is 7. The summed E-state index contributed by atoms with van der Waals surface area (Å²) in [6.07, 6.45) is 6.76. The molecule has 4 N–H and O–H groups in total. The molecule has 0 radical (unpaired) electrons. The number of carbonyl (C=O) groups is 2. The standard InChI is InChI=1S/C32H52N10O6S/c1-31(2,3)47-29(43)34-16-7-9-18-41-23-26(36-38-41)21-40(20-15-25-11-13-28(14-12-25)49(33,45)46)22-27-24-42(39-37-27)19-10-8-17-35-30(44)48-32(4,5)6/h11-14,23-24H,7-10,15-22H2,1-6H3,(H,34,43)(H,35,44)(H2,33,45,46). The van der Waals surface area contributed by atoms with Crippen molar-refractivity contribution in [1.82, 2.24) is 45.5 Å². The average Bonchev–Trinajstić information content (AvgIpc) is 3.62. The highest BCUT2D eigenvalue weighted by Crippen LogP contribution is 2.13. The third-order valence-electron chi connectivity index (χ3n) is 6.88. The van der Waals surface area contributed by atoms with Gasteiger partial charge in [0.2, 0.25) is 10.0 Å². The fourth-order valence-electron chi connectivity index (χ4n) is 4.65. The summed E-state index contributed by atoms with van der Waals surface area (Å²) in [5, 5.41) is 28.1. The first-order valence-electron chi connectivity index (χ1n) is 16.5. The van der Waals surface area contributed by atoms with Crippen molar-refractivity contribution < 1.29 is 27.5 Å². The number of aromatic nitrogens is 6. The summed E-state index contributed by atoms with van der Waals surface area (Å²) in [5.74, 6) is 0. The number of ether oxygens (including phenoxy) is 2. The Hall–Kier alpha value is -4.09. The van der Waals surface area contributed by atoms with Crippen LogP contribution in [0.2, 0.25) is 0 Å². The molecule has 2 aromatic heterocycles. The van der Waals surface area contributed by atoms with E-state index < -0.39 is 33.4 Å². The zero-order valence-electron chi connectivity index (χ0n) is 29.5. The summed E-state index contributed by atoms with van der Waals surface area (Å²) in [6, 6.07) is 6.55. The third-order valence-corrected chi connectivity index (χ3v) is 7.81. The molecule has 0 unspecified atom stereocenters. The Balaban J connectivity index is 1.53. The van der Waals surface area contributed by atoms with E-state index in [1.165, 1.54) is 12.1 Å². The SMILES string of the molecule is CC(C)(C)OC(=O)NCCCCn1cc(CN(CCc2ccc(S(N)(=O)=O)cc2)Cc2cn(CCCCNC(=O)OC(C)(C)C)nn2)nn1. The van der Waals surface area contributed by atoms with Crippen molar-refractivity contribution in [2.75, 3.05) is 19.6 Å². The molecule has 1 aromatic carbocycles. The van der Waals surface area contributed by atoms with Crippen LogP contribution in [0.25, 0.3) is 0 Å². The Kier molecular flexibility index (Phi) is 14.5. The van der Waals surface area contributed by atoms with Gasteiger partial charge in [0.25, 0.3) is 0 Å². The summed E-state index contributed by atoms with van der Waals surface area (Å²) in [4.78, 5) is 25.9. The van der Waals surface area contributed by atoms with Crippen LogP contribution in [-0.4, -0.2) is 86.3 Å². The van der Waals surface area contributed by atoms with Crippen LogP contribution < -0.4 is 15.8 Å². The van der Waals surface area contributed by atoms with Crippen molar-refractivity contribution in [1.29, 1.82) is 0 Å². The van der Waals surface area contributed by atoms with Gasteiger partial charge in [-0.2, -0.15) is 0 Å². The number of unbranched alkanes of at least 4 members (excludes halogenated alkanes) is 2. The number of hydrogen-bond acceptors (Lipinski definition) is 11. The van der Waals surface area contributed by atoms with Gasteiger partial charge in [0.1, 0.15) is 11.2 Å². The third kappa shape index (κ3) is 16.2. The predicted octanol–water partition coefficient (Wildman–Crippen LogP) is 3.37. The van der Waals surface area contributed by atoms with E-state index >= 15 is 0 Å². The minimum Gasteiger partial charge on any atom is -0.444 e. The molecule has 0 fully saturated rings. The van der Waals surface area contributed by atoms with Crippen LogP contribution in [0.3, 0.4) is 0 Å². The quantitative estimate of drug-likeness (QED) is 0.164. The molecule has 2 amide bonds. The number of alkyl carbamates (subject to hydrolysis) is 2. The largest absolute Gasteiger partial charge is 0.444 e. The molecule has 0 aliphatic rings. The van der Waals surface area contributed by atoms with E-state index in [-0.39, 0.29) is 4.90 Å². The van der Waals surface area contributed by atoms with E-state index in [0.29, 0.717) is 52.2 Å². The molecule has 0 saturated heterocycles. The molecule has 3 aromatic rings. The molecule has 0 bridgehead atoms. The minimum absolute atomic E-state index is 0.0718. The predicted molar refractivity (Wildman–Crippen MR) is 183 cm³/mol. The number of nitrogens with one attached hydrogen (secondary N) is 2. The molecule has 0 spiro atoms. The number of nitrogens with two attached hydrogens (primary N) is 1. The van der Waals surface area contributed by atoms with Gasteiger partial charge in [-0.1, -0.05) is 22.6 Å². The number of primary sulfonamides is 1. The number of carbonyl (C=O) groups excluding carboxylic acids is 2. The maximum absolute atomic E-state index is 11.8. The molecule has 0 aliphatic carbocycles. The van der Waals surface area contributed by atoms with Crippen molar-refractivity contribution in [2.45, 2.75) is 116 Å². The fraction of sp³-hybridized carbons (Fsp3) is 0.625. The Morgan fingerprint density at radius 1 is 0.776 bits per heavy atom. The van der Waals surface area contributed by atoms with Gasteiger partial charge in [0, 0.05) is 58.2 Å². The summed E-state index contributed by atoms with van der Waals surface area (Å²) in [5.41, 5.74) is 1.48. The van der Waals surface area contributed by atoms with Gasteiger partial charge < -0.3 is 20.1 Å². The number of hydrogen-bond donors (Lipinski definition) is 3. The molecule has 17 heteroatoms. The number of rotatable bonds is 18. The Labute approximate surface area is 289 Å². The number of amides is 2. The normalized spacial score (nSPS) is 12.2. The molecule has 0 saturated carbocycles.